The lowest BCUT2D eigenvalue weighted by Gasteiger charge is -2.26. The lowest BCUT2D eigenvalue weighted by molar-refractivity contribution is -0.120. The van der Waals surface area contributed by atoms with E-state index in [1.165, 1.54) is 28.3 Å². The van der Waals surface area contributed by atoms with E-state index in [-0.39, 0.29) is 23.4 Å². The van der Waals surface area contributed by atoms with Gasteiger partial charge in [-0.3, -0.25) is 9.10 Å². The number of hydrogen-bond donors (Lipinski definition) is 1. The van der Waals surface area contributed by atoms with Crippen molar-refractivity contribution in [3.63, 3.8) is 0 Å². The second-order valence-electron chi connectivity index (χ2n) is 9.29. The molecule has 7 heteroatoms. The summed E-state index contributed by atoms with van der Waals surface area (Å²) in [6.07, 6.45) is 7.27. The highest BCUT2D eigenvalue weighted by Gasteiger charge is 2.28. The summed E-state index contributed by atoms with van der Waals surface area (Å²) in [6, 6.07) is 20.3. The molecule has 3 aromatic carbocycles. The summed E-state index contributed by atoms with van der Waals surface area (Å²) in [5.74, 6) is -0.329. The van der Waals surface area contributed by atoms with Gasteiger partial charge < -0.3 is 5.32 Å². The fourth-order valence-corrected chi connectivity index (χ4v) is 6.49. The van der Waals surface area contributed by atoms with Crippen LogP contribution in [-0.4, -0.2) is 27.1 Å². The molecule has 1 N–H and O–H groups in total. The average Bonchev–Trinajstić information content (AvgIpc) is 2.90. The Hall–Kier alpha value is -2.77. The van der Waals surface area contributed by atoms with Crippen molar-refractivity contribution in [2.45, 2.75) is 61.8 Å². The summed E-state index contributed by atoms with van der Waals surface area (Å²) in [5, 5.41) is 3.09. The van der Waals surface area contributed by atoms with Gasteiger partial charge in [0.25, 0.3) is 10.0 Å². The molecule has 0 aliphatic heterocycles. The molecule has 3 aromatic rings. The number of anilines is 1. The lowest BCUT2D eigenvalue weighted by atomic mass is 9.89. The summed E-state index contributed by atoms with van der Waals surface area (Å²) in [5.41, 5.74) is 5.32. The molecule has 0 saturated heterocycles. The smallest absolute Gasteiger partial charge is 0.264 e. The number of sulfonamides is 1. The summed E-state index contributed by atoms with van der Waals surface area (Å²) < 4.78 is 28.6. The van der Waals surface area contributed by atoms with Crippen LogP contribution in [0.4, 0.5) is 5.69 Å². The van der Waals surface area contributed by atoms with Gasteiger partial charge in [0.1, 0.15) is 6.54 Å². The number of nitrogens with zero attached hydrogens (tertiary/aromatic N) is 1. The van der Waals surface area contributed by atoms with E-state index in [9.17, 15) is 13.2 Å². The third-order valence-electron chi connectivity index (χ3n) is 6.77. The van der Waals surface area contributed by atoms with E-state index in [1.54, 1.807) is 48.2 Å². The van der Waals surface area contributed by atoms with Crippen molar-refractivity contribution in [3.8, 4) is 0 Å². The van der Waals surface area contributed by atoms with Crippen molar-refractivity contribution >= 4 is 33.4 Å². The lowest BCUT2D eigenvalue weighted by Crippen LogP contribution is -2.42. The molecule has 4 rings (SSSR count). The summed E-state index contributed by atoms with van der Waals surface area (Å²) >= 11 is 1.55. The molecule has 1 amide bonds. The number of carbonyl (C=O) groups excluding carboxylic acids is 1. The third kappa shape index (κ3) is 5.95. The quantitative estimate of drug-likeness (QED) is 0.347. The fraction of sp³-hybridized carbons (Fsp3) is 0.345. The fourth-order valence-electron chi connectivity index (χ4n) is 4.66. The van der Waals surface area contributed by atoms with Crippen molar-refractivity contribution < 1.29 is 13.2 Å². The Morgan fingerprint density at radius 2 is 1.64 bits per heavy atom. The SMILES string of the molecule is CC[C@@H](NC(=O)CN(c1ccc(C)cc1)S(=O)(=O)c1ccc(SC)cc1)c1ccc2c(c1)CCCC2. The molecule has 1 aliphatic rings. The van der Waals surface area contributed by atoms with E-state index < -0.39 is 10.0 Å². The number of nitrogens with one attached hydrogen (secondary N) is 1. The minimum atomic E-state index is -3.94. The number of aryl methyl sites for hydroxylation is 3. The Bertz CT molecular complexity index is 1300. The van der Waals surface area contributed by atoms with Gasteiger partial charge in [0.15, 0.2) is 0 Å². The van der Waals surface area contributed by atoms with Gasteiger partial charge in [0, 0.05) is 4.90 Å². The van der Waals surface area contributed by atoms with Crippen LogP contribution >= 0.6 is 11.8 Å². The number of fused-ring (bicyclic) bond motifs is 1. The number of rotatable bonds is 9. The number of benzene rings is 3. The standard InChI is InChI=1S/C29H34N2O3S2/c1-4-28(24-12-11-22-7-5-6-8-23(22)19-24)30-29(32)20-31(25-13-9-21(2)10-14-25)36(33,34)27-17-15-26(35-3)16-18-27/h9-19,28H,4-8,20H2,1-3H3,(H,30,32)/t28-/m1/s1. The maximum atomic E-state index is 13.7. The van der Waals surface area contributed by atoms with Crippen LogP contribution in [-0.2, 0) is 27.7 Å². The number of thioether (sulfide) groups is 1. The maximum Gasteiger partial charge on any atom is 0.264 e. The first-order chi connectivity index (χ1) is 17.3. The molecule has 0 aromatic heterocycles. The van der Waals surface area contributed by atoms with Crippen LogP contribution in [0.3, 0.4) is 0 Å². The summed E-state index contributed by atoms with van der Waals surface area (Å²) in [7, 11) is -3.94. The van der Waals surface area contributed by atoms with E-state index in [0.29, 0.717) is 5.69 Å². The highest BCUT2D eigenvalue weighted by atomic mass is 32.2. The molecular formula is C29H34N2O3S2. The van der Waals surface area contributed by atoms with Gasteiger partial charge >= 0.3 is 0 Å². The highest BCUT2D eigenvalue weighted by molar-refractivity contribution is 7.98. The molecule has 0 saturated carbocycles. The van der Waals surface area contributed by atoms with Crippen molar-refractivity contribution in [2.24, 2.45) is 0 Å². The zero-order valence-electron chi connectivity index (χ0n) is 21.2. The van der Waals surface area contributed by atoms with E-state index in [0.717, 1.165) is 35.3 Å². The van der Waals surface area contributed by atoms with Crippen LogP contribution in [0.5, 0.6) is 0 Å². The molecule has 5 nitrogen and oxygen atoms in total. The second-order valence-corrected chi connectivity index (χ2v) is 12.0. The van der Waals surface area contributed by atoms with Crippen LogP contribution in [0.1, 0.15) is 54.5 Å². The Morgan fingerprint density at radius 1 is 0.972 bits per heavy atom. The molecule has 0 bridgehead atoms. The number of carbonyl (C=O) groups is 1. The van der Waals surface area contributed by atoms with E-state index in [2.05, 4.69) is 23.5 Å². The zero-order chi connectivity index (χ0) is 25.7. The molecule has 0 heterocycles. The third-order valence-corrected chi connectivity index (χ3v) is 9.31. The minimum Gasteiger partial charge on any atom is -0.348 e. The molecule has 0 spiro atoms. The van der Waals surface area contributed by atoms with Crippen LogP contribution in [0, 0.1) is 6.92 Å². The molecule has 36 heavy (non-hydrogen) atoms. The Morgan fingerprint density at radius 3 is 2.28 bits per heavy atom. The van der Waals surface area contributed by atoms with Gasteiger partial charge in [-0.05, 0) is 98.4 Å². The second kappa shape index (κ2) is 11.5. The van der Waals surface area contributed by atoms with Crippen LogP contribution < -0.4 is 9.62 Å². The number of amides is 1. The molecule has 0 unspecified atom stereocenters. The van der Waals surface area contributed by atoms with Gasteiger partial charge in [0.2, 0.25) is 5.91 Å². The maximum absolute atomic E-state index is 13.7. The predicted octanol–water partition coefficient (Wildman–Crippen LogP) is 6.06. The molecule has 1 aliphatic carbocycles. The Labute approximate surface area is 219 Å². The largest absolute Gasteiger partial charge is 0.348 e. The zero-order valence-corrected chi connectivity index (χ0v) is 22.8. The molecule has 0 fully saturated rings. The van der Waals surface area contributed by atoms with Crippen molar-refractivity contribution in [1.29, 1.82) is 0 Å². The van der Waals surface area contributed by atoms with Gasteiger partial charge in [-0.15, -0.1) is 11.8 Å². The Kier molecular flexibility index (Phi) is 8.42. The van der Waals surface area contributed by atoms with Crippen molar-refractivity contribution in [3.05, 3.63) is 89.0 Å². The van der Waals surface area contributed by atoms with Crippen molar-refractivity contribution in [2.75, 3.05) is 17.1 Å². The van der Waals surface area contributed by atoms with Crippen LogP contribution in [0.2, 0.25) is 0 Å². The van der Waals surface area contributed by atoms with E-state index in [4.69, 9.17) is 0 Å². The molecule has 0 radical (unpaired) electrons. The summed E-state index contributed by atoms with van der Waals surface area (Å²) in [4.78, 5) is 14.4. The van der Waals surface area contributed by atoms with E-state index in [1.807, 2.05) is 32.2 Å². The van der Waals surface area contributed by atoms with Gasteiger partial charge in [-0.25, -0.2) is 8.42 Å². The topological polar surface area (TPSA) is 66.5 Å². The highest BCUT2D eigenvalue weighted by Crippen LogP contribution is 2.28. The molecule has 190 valence electrons. The van der Waals surface area contributed by atoms with Crippen LogP contribution in [0.15, 0.2) is 76.5 Å². The molecular weight excluding hydrogens is 488 g/mol. The Balaban J connectivity index is 1.59. The van der Waals surface area contributed by atoms with Gasteiger partial charge in [-0.1, -0.05) is 42.8 Å². The first kappa shape index (κ1) is 26.3. The van der Waals surface area contributed by atoms with E-state index >= 15 is 0 Å². The monoisotopic (exact) mass is 522 g/mol. The van der Waals surface area contributed by atoms with Gasteiger partial charge in [-0.2, -0.15) is 0 Å². The van der Waals surface area contributed by atoms with Crippen molar-refractivity contribution in [1.82, 2.24) is 5.32 Å². The first-order valence-corrected chi connectivity index (χ1v) is 15.1. The summed E-state index contributed by atoms with van der Waals surface area (Å²) in [6.45, 7) is 3.68. The van der Waals surface area contributed by atoms with Crippen LogP contribution in [0.25, 0.3) is 0 Å². The predicted molar refractivity (Wildman–Crippen MR) is 148 cm³/mol. The molecule has 1 atom stereocenters. The minimum absolute atomic E-state index is 0.162. The normalized spacial score (nSPS) is 14.1. The van der Waals surface area contributed by atoms with Gasteiger partial charge in [0.05, 0.1) is 16.6 Å². The number of hydrogen-bond acceptors (Lipinski definition) is 4. The average molecular weight is 523 g/mol. The first-order valence-electron chi connectivity index (χ1n) is 12.5.